The summed E-state index contributed by atoms with van der Waals surface area (Å²) in [6.45, 7) is 4.00. The van der Waals surface area contributed by atoms with Gasteiger partial charge in [0.2, 0.25) is 0 Å². The van der Waals surface area contributed by atoms with Crippen molar-refractivity contribution in [3.63, 3.8) is 0 Å². The molecule has 0 unspecified atom stereocenters. The molecule has 1 nitrogen and oxygen atoms in total. The van der Waals surface area contributed by atoms with Crippen molar-refractivity contribution in [1.82, 2.24) is 0 Å². The van der Waals surface area contributed by atoms with Gasteiger partial charge in [0.15, 0.2) is 0 Å². The minimum absolute atomic E-state index is 0.236. The fraction of sp³-hybridized carbons (Fsp3) is 0.900. The highest BCUT2D eigenvalue weighted by atomic mass is 32.2. The molecule has 0 N–H and O–H groups in total. The van der Waals surface area contributed by atoms with Crippen molar-refractivity contribution in [2.75, 3.05) is 11.5 Å². The van der Waals surface area contributed by atoms with E-state index in [-0.39, 0.29) is 5.92 Å². The first-order valence-corrected chi connectivity index (χ1v) is 5.96. The maximum absolute atomic E-state index is 11.4. The van der Waals surface area contributed by atoms with Crippen LogP contribution in [0.15, 0.2) is 0 Å². The van der Waals surface area contributed by atoms with Crippen LogP contribution in [0.25, 0.3) is 0 Å². The molecule has 2 heteroatoms. The predicted octanol–water partition coefficient (Wildman–Crippen LogP) is 2.74. The Bertz CT molecular complexity index is 148. The first-order valence-electron chi connectivity index (χ1n) is 4.80. The van der Waals surface area contributed by atoms with E-state index in [0.29, 0.717) is 11.7 Å². The Kier molecular flexibility index (Phi) is 4.13. The fourth-order valence-corrected chi connectivity index (χ4v) is 2.67. The zero-order valence-corrected chi connectivity index (χ0v) is 8.82. The fourth-order valence-electron chi connectivity index (χ4n) is 1.47. The Labute approximate surface area is 79.3 Å². The van der Waals surface area contributed by atoms with Crippen molar-refractivity contribution >= 4 is 17.5 Å². The minimum Gasteiger partial charge on any atom is -0.299 e. The largest absolute Gasteiger partial charge is 0.299 e. The van der Waals surface area contributed by atoms with Crippen molar-refractivity contribution in [2.45, 2.75) is 33.1 Å². The van der Waals surface area contributed by atoms with Gasteiger partial charge in [-0.15, -0.1) is 0 Å². The lowest BCUT2D eigenvalue weighted by molar-refractivity contribution is -0.122. The van der Waals surface area contributed by atoms with E-state index in [4.69, 9.17) is 0 Å². The number of rotatable bonds is 3. The zero-order chi connectivity index (χ0) is 8.97. The average molecular weight is 186 g/mol. The molecule has 0 spiro atoms. The van der Waals surface area contributed by atoms with Crippen LogP contribution in [0.5, 0.6) is 0 Å². The maximum Gasteiger partial charge on any atom is 0.135 e. The predicted molar refractivity (Wildman–Crippen MR) is 54.5 cm³/mol. The lowest BCUT2D eigenvalue weighted by atomic mass is 9.92. The van der Waals surface area contributed by atoms with Crippen LogP contribution >= 0.6 is 11.8 Å². The molecule has 1 rings (SSSR count). The second kappa shape index (κ2) is 4.90. The molecule has 1 saturated heterocycles. The van der Waals surface area contributed by atoms with Gasteiger partial charge in [-0.05, 0) is 30.3 Å². The molecule has 12 heavy (non-hydrogen) atoms. The normalized spacial score (nSPS) is 19.9. The molecule has 1 fully saturated rings. The first-order chi connectivity index (χ1) is 5.70. The molecule has 0 amide bonds. The third-order valence-corrected chi connectivity index (χ3v) is 3.52. The van der Waals surface area contributed by atoms with Gasteiger partial charge in [0, 0.05) is 12.3 Å². The standard InChI is InChI=1S/C10H18OS/c1-8(2)10(11)7-9-3-5-12-6-4-9/h8-9H,3-7H2,1-2H3. The van der Waals surface area contributed by atoms with E-state index in [2.05, 4.69) is 0 Å². The van der Waals surface area contributed by atoms with Crippen LogP contribution in [0.4, 0.5) is 0 Å². The Morgan fingerprint density at radius 2 is 2.00 bits per heavy atom. The van der Waals surface area contributed by atoms with Gasteiger partial charge in [-0.3, -0.25) is 4.79 Å². The second-order valence-electron chi connectivity index (χ2n) is 3.88. The highest BCUT2D eigenvalue weighted by molar-refractivity contribution is 7.99. The minimum atomic E-state index is 0.236. The molecule has 0 aromatic heterocycles. The van der Waals surface area contributed by atoms with Gasteiger partial charge in [0.25, 0.3) is 0 Å². The summed E-state index contributed by atoms with van der Waals surface area (Å²) in [5.41, 5.74) is 0. The van der Waals surface area contributed by atoms with E-state index >= 15 is 0 Å². The quantitative estimate of drug-likeness (QED) is 0.674. The SMILES string of the molecule is CC(C)C(=O)CC1CCSCC1. The number of carbonyl (C=O) groups is 1. The number of ketones is 1. The van der Waals surface area contributed by atoms with E-state index in [0.717, 1.165) is 6.42 Å². The molecular formula is C10H18OS. The van der Waals surface area contributed by atoms with Crippen molar-refractivity contribution < 1.29 is 4.79 Å². The van der Waals surface area contributed by atoms with Crippen LogP contribution in [-0.2, 0) is 4.79 Å². The summed E-state index contributed by atoms with van der Waals surface area (Å²) in [6, 6.07) is 0. The number of hydrogen-bond donors (Lipinski definition) is 0. The van der Waals surface area contributed by atoms with Crippen LogP contribution in [0, 0.1) is 11.8 Å². The molecule has 1 aliphatic heterocycles. The summed E-state index contributed by atoms with van der Waals surface area (Å²) >= 11 is 2.02. The van der Waals surface area contributed by atoms with E-state index < -0.39 is 0 Å². The van der Waals surface area contributed by atoms with Gasteiger partial charge in [0.05, 0.1) is 0 Å². The van der Waals surface area contributed by atoms with E-state index in [1.54, 1.807) is 0 Å². The molecule has 0 aliphatic carbocycles. The van der Waals surface area contributed by atoms with Crippen molar-refractivity contribution in [2.24, 2.45) is 11.8 Å². The Hall–Kier alpha value is 0.0200. The molecule has 0 radical (unpaired) electrons. The van der Waals surface area contributed by atoms with Crippen LogP contribution in [-0.4, -0.2) is 17.3 Å². The average Bonchev–Trinajstić information content (AvgIpc) is 2.06. The Morgan fingerprint density at radius 3 is 2.50 bits per heavy atom. The smallest absolute Gasteiger partial charge is 0.135 e. The Morgan fingerprint density at radius 1 is 1.42 bits per heavy atom. The van der Waals surface area contributed by atoms with E-state index in [9.17, 15) is 4.79 Å². The van der Waals surface area contributed by atoms with E-state index in [1.165, 1.54) is 24.3 Å². The van der Waals surface area contributed by atoms with Gasteiger partial charge in [-0.1, -0.05) is 13.8 Å². The van der Waals surface area contributed by atoms with Gasteiger partial charge >= 0.3 is 0 Å². The molecule has 0 bridgehead atoms. The summed E-state index contributed by atoms with van der Waals surface area (Å²) in [5.74, 6) is 3.90. The van der Waals surface area contributed by atoms with Gasteiger partial charge in [-0.2, -0.15) is 11.8 Å². The van der Waals surface area contributed by atoms with Gasteiger partial charge < -0.3 is 0 Å². The number of hydrogen-bond acceptors (Lipinski definition) is 2. The topological polar surface area (TPSA) is 17.1 Å². The van der Waals surface area contributed by atoms with Crippen LogP contribution in [0.1, 0.15) is 33.1 Å². The molecule has 1 heterocycles. The monoisotopic (exact) mass is 186 g/mol. The van der Waals surface area contributed by atoms with Gasteiger partial charge in [-0.25, -0.2) is 0 Å². The van der Waals surface area contributed by atoms with Crippen molar-refractivity contribution in [1.29, 1.82) is 0 Å². The zero-order valence-electron chi connectivity index (χ0n) is 8.01. The van der Waals surface area contributed by atoms with Crippen LogP contribution in [0.3, 0.4) is 0 Å². The van der Waals surface area contributed by atoms with Crippen molar-refractivity contribution in [3.8, 4) is 0 Å². The third kappa shape index (κ3) is 3.18. The van der Waals surface area contributed by atoms with Crippen LogP contribution in [0.2, 0.25) is 0 Å². The summed E-state index contributed by atoms with van der Waals surface area (Å²) in [6.07, 6.45) is 3.34. The lowest BCUT2D eigenvalue weighted by Gasteiger charge is -2.21. The molecule has 0 atom stereocenters. The number of Topliss-reactive ketones (excluding diaryl/α,β-unsaturated/α-hetero) is 1. The second-order valence-corrected chi connectivity index (χ2v) is 5.11. The number of thioether (sulfide) groups is 1. The van der Waals surface area contributed by atoms with Crippen molar-refractivity contribution in [3.05, 3.63) is 0 Å². The molecular weight excluding hydrogens is 168 g/mol. The Balaban J connectivity index is 2.24. The van der Waals surface area contributed by atoms with E-state index in [1.807, 2.05) is 25.6 Å². The third-order valence-electron chi connectivity index (χ3n) is 2.47. The van der Waals surface area contributed by atoms with Gasteiger partial charge in [0.1, 0.15) is 5.78 Å². The summed E-state index contributed by atoms with van der Waals surface area (Å²) in [7, 11) is 0. The summed E-state index contributed by atoms with van der Waals surface area (Å²) in [5, 5.41) is 0. The molecule has 0 aromatic rings. The lowest BCUT2D eigenvalue weighted by Crippen LogP contribution is -2.17. The summed E-state index contributed by atoms with van der Waals surface area (Å²) < 4.78 is 0. The highest BCUT2D eigenvalue weighted by Crippen LogP contribution is 2.26. The molecule has 1 aliphatic rings. The maximum atomic E-state index is 11.4. The first kappa shape index (κ1) is 10.1. The molecule has 0 aromatic carbocycles. The number of carbonyl (C=O) groups excluding carboxylic acids is 1. The van der Waals surface area contributed by atoms with Crippen LogP contribution < -0.4 is 0 Å². The molecule has 0 saturated carbocycles. The molecule has 70 valence electrons. The summed E-state index contributed by atoms with van der Waals surface area (Å²) in [4.78, 5) is 11.4. The highest BCUT2D eigenvalue weighted by Gasteiger charge is 2.18.